The van der Waals surface area contributed by atoms with E-state index in [4.69, 9.17) is 13.6 Å². The fourth-order valence-corrected chi connectivity index (χ4v) is 2.79. The number of ether oxygens (including phenoxy) is 1. The molecule has 2 N–H and O–H groups in total. The van der Waals surface area contributed by atoms with Gasteiger partial charge in [-0.1, -0.05) is 6.07 Å². The smallest absolute Gasteiger partial charge is 0.408 e. The number of carbonyl (C=O) groups excluding carboxylic acids is 1. The van der Waals surface area contributed by atoms with Crippen molar-refractivity contribution in [1.29, 1.82) is 0 Å². The molecule has 2 aromatic heterocycles. The summed E-state index contributed by atoms with van der Waals surface area (Å²) >= 11 is 0. The molecule has 1 amide bonds. The van der Waals surface area contributed by atoms with Crippen LogP contribution < -0.4 is 5.32 Å². The van der Waals surface area contributed by atoms with E-state index in [1.54, 1.807) is 46.1 Å². The number of rotatable bonds is 6. The standard InChI is InChI=1S/C21H26N2O5/c1-20(2,3)28-19(25)23-21(4,13-24)10-9-14-7-8-16-15(12-14)22-18(27-16)17-6-5-11-26-17/h5-8,11-12,24H,9-10,13H2,1-4H3,(H,23,25). The van der Waals surface area contributed by atoms with Crippen LogP contribution in [0, 0.1) is 0 Å². The number of aliphatic hydroxyl groups is 1. The highest BCUT2D eigenvalue weighted by Gasteiger charge is 2.28. The van der Waals surface area contributed by atoms with E-state index in [0.717, 1.165) is 11.1 Å². The molecule has 0 bridgehead atoms. The molecule has 2 heterocycles. The molecule has 28 heavy (non-hydrogen) atoms. The molecule has 0 saturated heterocycles. The van der Waals surface area contributed by atoms with Crippen LogP contribution in [0.15, 0.2) is 45.4 Å². The lowest BCUT2D eigenvalue weighted by molar-refractivity contribution is 0.0407. The first-order chi connectivity index (χ1) is 13.2. The fourth-order valence-electron chi connectivity index (χ4n) is 2.79. The van der Waals surface area contributed by atoms with Crippen molar-refractivity contribution in [3.05, 3.63) is 42.2 Å². The molecule has 1 atom stereocenters. The summed E-state index contributed by atoms with van der Waals surface area (Å²) in [6.07, 6.45) is 2.21. The predicted octanol–water partition coefficient (Wildman–Crippen LogP) is 4.30. The SMILES string of the molecule is CC(CO)(CCc1ccc2oc(-c3ccco3)nc2c1)NC(=O)OC(C)(C)C. The lowest BCUT2D eigenvalue weighted by Crippen LogP contribution is -2.50. The highest BCUT2D eigenvalue weighted by atomic mass is 16.6. The third kappa shape index (κ3) is 4.92. The second-order valence-corrected chi connectivity index (χ2v) is 8.14. The van der Waals surface area contributed by atoms with Crippen LogP contribution in [-0.2, 0) is 11.2 Å². The average molecular weight is 386 g/mol. The van der Waals surface area contributed by atoms with Gasteiger partial charge in [-0.3, -0.25) is 0 Å². The Morgan fingerprint density at radius 2 is 2.04 bits per heavy atom. The maximum absolute atomic E-state index is 12.1. The third-order valence-corrected chi connectivity index (χ3v) is 4.30. The van der Waals surface area contributed by atoms with Gasteiger partial charge in [-0.2, -0.15) is 0 Å². The molecule has 0 aliphatic carbocycles. The van der Waals surface area contributed by atoms with Crippen LogP contribution in [0.3, 0.4) is 0 Å². The summed E-state index contributed by atoms with van der Waals surface area (Å²) in [7, 11) is 0. The fraction of sp³-hybridized carbons (Fsp3) is 0.429. The number of fused-ring (bicyclic) bond motifs is 1. The summed E-state index contributed by atoms with van der Waals surface area (Å²) in [5, 5.41) is 12.6. The van der Waals surface area contributed by atoms with E-state index in [2.05, 4.69) is 10.3 Å². The molecule has 0 saturated carbocycles. The minimum atomic E-state index is -0.791. The van der Waals surface area contributed by atoms with Gasteiger partial charge in [0.25, 0.3) is 5.89 Å². The number of nitrogens with zero attached hydrogens (tertiary/aromatic N) is 1. The van der Waals surface area contributed by atoms with E-state index in [1.807, 2.05) is 18.2 Å². The summed E-state index contributed by atoms with van der Waals surface area (Å²) in [6, 6.07) is 9.33. The third-order valence-electron chi connectivity index (χ3n) is 4.30. The zero-order valence-electron chi connectivity index (χ0n) is 16.6. The van der Waals surface area contributed by atoms with Crippen LogP contribution in [-0.4, -0.2) is 33.9 Å². The highest BCUT2D eigenvalue weighted by molar-refractivity contribution is 5.76. The summed E-state index contributed by atoms with van der Waals surface area (Å²) in [5.41, 5.74) is 1.05. The van der Waals surface area contributed by atoms with Crippen LogP contribution in [0.2, 0.25) is 0 Å². The minimum absolute atomic E-state index is 0.193. The number of nitrogens with one attached hydrogen (secondary N) is 1. The number of alkyl carbamates (subject to hydrolysis) is 1. The Hall–Kier alpha value is -2.80. The minimum Gasteiger partial charge on any atom is -0.459 e. The van der Waals surface area contributed by atoms with Gasteiger partial charge in [-0.15, -0.1) is 0 Å². The van der Waals surface area contributed by atoms with Gasteiger partial charge in [0, 0.05) is 0 Å². The number of hydrogen-bond acceptors (Lipinski definition) is 6. The summed E-state index contributed by atoms with van der Waals surface area (Å²) in [6.45, 7) is 6.99. The van der Waals surface area contributed by atoms with Crippen molar-refractivity contribution in [2.45, 2.75) is 51.7 Å². The molecule has 0 spiro atoms. The number of furan rings is 1. The van der Waals surface area contributed by atoms with E-state index >= 15 is 0 Å². The molecule has 7 heteroatoms. The first kappa shape index (κ1) is 19.9. The van der Waals surface area contributed by atoms with Crippen LogP contribution in [0.5, 0.6) is 0 Å². The van der Waals surface area contributed by atoms with Crippen molar-refractivity contribution in [1.82, 2.24) is 10.3 Å². The first-order valence-corrected chi connectivity index (χ1v) is 9.23. The molecule has 1 unspecified atom stereocenters. The van der Waals surface area contributed by atoms with Crippen LogP contribution in [0.25, 0.3) is 22.8 Å². The number of aromatic nitrogens is 1. The summed E-state index contributed by atoms with van der Waals surface area (Å²) in [4.78, 5) is 16.5. The van der Waals surface area contributed by atoms with Gasteiger partial charge < -0.3 is 24.0 Å². The number of benzene rings is 1. The van der Waals surface area contributed by atoms with E-state index in [1.165, 1.54) is 0 Å². The van der Waals surface area contributed by atoms with Gasteiger partial charge in [-0.25, -0.2) is 9.78 Å². The Bertz CT molecular complexity index is 940. The zero-order valence-corrected chi connectivity index (χ0v) is 16.6. The van der Waals surface area contributed by atoms with Gasteiger partial charge in [0.1, 0.15) is 11.1 Å². The second-order valence-electron chi connectivity index (χ2n) is 8.14. The first-order valence-electron chi connectivity index (χ1n) is 9.23. The van der Waals surface area contributed by atoms with Crippen molar-refractivity contribution in [2.24, 2.45) is 0 Å². The normalized spacial score (nSPS) is 14.0. The Morgan fingerprint density at radius 1 is 1.25 bits per heavy atom. The van der Waals surface area contributed by atoms with Crippen molar-refractivity contribution >= 4 is 17.2 Å². The van der Waals surface area contributed by atoms with Crippen LogP contribution in [0.4, 0.5) is 4.79 Å². The van der Waals surface area contributed by atoms with Crippen LogP contribution >= 0.6 is 0 Å². The maximum Gasteiger partial charge on any atom is 0.408 e. The molecule has 0 radical (unpaired) electrons. The van der Waals surface area contributed by atoms with Crippen molar-refractivity contribution < 1.29 is 23.5 Å². The van der Waals surface area contributed by atoms with Crippen LogP contribution in [0.1, 0.15) is 39.7 Å². The monoisotopic (exact) mass is 386 g/mol. The predicted molar refractivity (Wildman–Crippen MR) is 105 cm³/mol. The molecule has 7 nitrogen and oxygen atoms in total. The average Bonchev–Trinajstić information content (AvgIpc) is 3.26. The summed E-state index contributed by atoms with van der Waals surface area (Å²) < 4.78 is 16.3. The molecule has 0 fully saturated rings. The number of aryl methyl sites for hydroxylation is 1. The highest BCUT2D eigenvalue weighted by Crippen LogP contribution is 2.26. The molecule has 3 rings (SSSR count). The van der Waals surface area contributed by atoms with Gasteiger partial charge in [0.2, 0.25) is 0 Å². The molecule has 150 valence electrons. The molecule has 0 aliphatic heterocycles. The Morgan fingerprint density at radius 3 is 2.68 bits per heavy atom. The van der Waals surface area contributed by atoms with E-state index in [0.29, 0.717) is 30.1 Å². The quantitative estimate of drug-likeness (QED) is 0.656. The molecular weight excluding hydrogens is 360 g/mol. The van der Waals surface area contributed by atoms with E-state index in [-0.39, 0.29) is 6.61 Å². The van der Waals surface area contributed by atoms with Crippen molar-refractivity contribution in [2.75, 3.05) is 6.61 Å². The Labute approximate surface area is 163 Å². The van der Waals surface area contributed by atoms with Crippen molar-refractivity contribution in [3.8, 4) is 11.7 Å². The number of aliphatic hydroxyl groups excluding tert-OH is 1. The topological polar surface area (TPSA) is 97.7 Å². The van der Waals surface area contributed by atoms with E-state index < -0.39 is 17.2 Å². The van der Waals surface area contributed by atoms with Gasteiger partial charge in [0.15, 0.2) is 11.3 Å². The van der Waals surface area contributed by atoms with Gasteiger partial charge in [-0.05, 0) is 70.4 Å². The molecule has 1 aromatic carbocycles. The zero-order chi connectivity index (χ0) is 20.4. The lowest BCUT2D eigenvalue weighted by atomic mass is 9.94. The van der Waals surface area contributed by atoms with Gasteiger partial charge in [0.05, 0.1) is 18.4 Å². The largest absolute Gasteiger partial charge is 0.459 e. The van der Waals surface area contributed by atoms with E-state index in [9.17, 15) is 9.90 Å². The lowest BCUT2D eigenvalue weighted by Gasteiger charge is -2.30. The number of hydrogen-bond donors (Lipinski definition) is 2. The number of carbonyl (C=O) groups is 1. The Kier molecular flexibility index (Phi) is 5.47. The number of oxazole rings is 1. The molecule has 0 aliphatic rings. The van der Waals surface area contributed by atoms with Crippen molar-refractivity contribution in [3.63, 3.8) is 0 Å². The Balaban J connectivity index is 1.68. The maximum atomic E-state index is 12.1. The van der Waals surface area contributed by atoms with Gasteiger partial charge >= 0.3 is 6.09 Å². The summed E-state index contributed by atoms with van der Waals surface area (Å²) in [5.74, 6) is 1.01. The molecular formula is C21H26N2O5. The number of amides is 1. The molecule has 3 aromatic rings. The second kappa shape index (κ2) is 7.67.